The predicted molar refractivity (Wildman–Crippen MR) is 85.2 cm³/mol. The molecule has 1 aromatic carbocycles. The standard InChI is InChI=1S/C17H12ClN5/c18-14-6-15(21-10-20-14)23-13-5-12(2-1-11(13)7-22-23)17(9-19)8-16(17)3-4-16/h1-2,5-7,10H,3-4,8H2/t17-/m1/s1. The molecular weight excluding hydrogens is 310 g/mol. The molecule has 2 heterocycles. The molecule has 1 spiro atoms. The van der Waals surface area contributed by atoms with Gasteiger partial charge in [-0.1, -0.05) is 23.7 Å². The highest BCUT2D eigenvalue weighted by Crippen LogP contribution is 2.78. The molecule has 2 fully saturated rings. The van der Waals surface area contributed by atoms with Crippen molar-refractivity contribution in [2.75, 3.05) is 0 Å². The van der Waals surface area contributed by atoms with Crippen LogP contribution in [0.25, 0.3) is 16.7 Å². The molecule has 112 valence electrons. The van der Waals surface area contributed by atoms with E-state index in [-0.39, 0.29) is 10.8 Å². The summed E-state index contributed by atoms with van der Waals surface area (Å²) >= 11 is 5.96. The first-order chi connectivity index (χ1) is 11.2. The maximum Gasteiger partial charge on any atom is 0.158 e. The van der Waals surface area contributed by atoms with E-state index in [9.17, 15) is 5.26 Å². The smallest absolute Gasteiger partial charge is 0.158 e. The third kappa shape index (κ3) is 1.64. The minimum Gasteiger partial charge on any atom is -0.224 e. The second kappa shape index (κ2) is 4.09. The van der Waals surface area contributed by atoms with Gasteiger partial charge in [-0.2, -0.15) is 10.4 Å². The maximum absolute atomic E-state index is 9.72. The zero-order valence-corrected chi connectivity index (χ0v) is 13.0. The Morgan fingerprint density at radius 1 is 1.22 bits per heavy atom. The molecule has 6 heteroatoms. The molecule has 0 amide bonds. The minimum absolute atomic E-state index is 0.249. The van der Waals surface area contributed by atoms with E-state index < -0.39 is 0 Å². The summed E-state index contributed by atoms with van der Waals surface area (Å²) < 4.78 is 1.75. The largest absolute Gasteiger partial charge is 0.224 e. The van der Waals surface area contributed by atoms with Crippen LogP contribution < -0.4 is 0 Å². The summed E-state index contributed by atoms with van der Waals surface area (Å²) in [5.41, 5.74) is 1.97. The molecule has 2 aromatic heterocycles. The van der Waals surface area contributed by atoms with Gasteiger partial charge >= 0.3 is 0 Å². The number of benzene rings is 1. The van der Waals surface area contributed by atoms with Gasteiger partial charge in [-0.25, -0.2) is 14.6 Å². The highest BCUT2D eigenvalue weighted by atomic mass is 35.5. The van der Waals surface area contributed by atoms with E-state index >= 15 is 0 Å². The summed E-state index contributed by atoms with van der Waals surface area (Å²) in [7, 11) is 0. The van der Waals surface area contributed by atoms with Crippen molar-refractivity contribution in [3.05, 3.63) is 47.5 Å². The van der Waals surface area contributed by atoms with E-state index in [1.54, 1.807) is 16.9 Å². The average Bonchev–Trinajstić information content (AvgIpc) is 3.44. The lowest BCUT2D eigenvalue weighted by molar-refractivity contribution is 0.737. The SMILES string of the molecule is N#C[C@@]1(c2ccc3cnn(-c4cc(Cl)ncn4)c3c2)CC12CC2. The van der Waals surface area contributed by atoms with Gasteiger partial charge in [-0.05, 0) is 36.3 Å². The molecule has 23 heavy (non-hydrogen) atoms. The molecule has 0 saturated heterocycles. The second-order valence-electron chi connectivity index (χ2n) is 6.50. The summed E-state index contributed by atoms with van der Waals surface area (Å²) in [6, 6.07) is 10.4. The monoisotopic (exact) mass is 321 g/mol. The fourth-order valence-corrected chi connectivity index (χ4v) is 3.90. The molecule has 3 aromatic rings. The van der Waals surface area contributed by atoms with Crippen LogP contribution in [0.3, 0.4) is 0 Å². The highest BCUT2D eigenvalue weighted by molar-refractivity contribution is 6.29. The Bertz CT molecular complexity index is 998. The molecule has 0 aliphatic heterocycles. The lowest BCUT2D eigenvalue weighted by Gasteiger charge is -2.10. The van der Waals surface area contributed by atoms with Crippen LogP contribution in [0.4, 0.5) is 0 Å². The Labute approximate surface area is 137 Å². The number of halogens is 1. The molecule has 0 unspecified atom stereocenters. The quantitative estimate of drug-likeness (QED) is 0.678. The fourth-order valence-electron chi connectivity index (χ4n) is 3.76. The lowest BCUT2D eigenvalue weighted by atomic mass is 9.93. The third-order valence-corrected chi connectivity index (χ3v) is 5.53. The number of fused-ring (bicyclic) bond motifs is 1. The average molecular weight is 322 g/mol. The number of hydrogen-bond donors (Lipinski definition) is 0. The van der Waals surface area contributed by atoms with Crippen molar-refractivity contribution >= 4 is 22.5 Å². The van der Waals surface area contributed by atoms with Crippen LogP contribution in [0.5, 0.6) is 0 Å². The van der Waals surface area contributed by atoms with Crippen LogP contribution in [0.2, 0.25) is 5.15 Å². The number of rotatable bonds is 2. The topological polar surface area (TPSA) is 67.4 Å². The van der Waals surface area contributed by atoms with Gasteiger partial charge < -0.3 is 0 Å². The van der Waals surface area contributed by atoms with Crippen LogP contribution in [-0.2, 0) is 5.41 Å². The van der Waals surface area contributed by atoms with Gasteiger partial charge in [0.2, 0.25) is 0 Å². The molecule has 0 radical (unpaired) electrons. The normalized spacial score (nSPS) is 23.8. The van der Waals surface area contributed by atoms with Crippen LogP contribution in [0, 0.1) is 16.7 Å². The van der Waals surface area contributed by atoms with E-state index in [4.69, 9.17) is 11.6 Å². The van der Waals surface area contributed by atoms with Gasteiger partial charge in [0.05, 0.1) is 23.2 Å². The predicted octanol–water partition coefficient (Wildman–Crippen LogP) is 3.41. The van der Waals surface area contributed by atoms with Crippen LogP contribution in [-0.4, -0.2) is 19.7 Å². The first-order valence-electron chi connectivity index (χ1n) is 7.55. The molecular formula is C17H12ClN5. The molecule has 2 saturated carbocycles. The number of hydrogen-bond acceptors (Lipinski definition) is 4. The van der Waals surface area contributed by atoms with Crippen molar-refractivity contribution in [3.63, 3.8) is 0 Å². The Morgan fingerprint density at radius 2 is 2.09 bits per heavy atom. The van der Waals surface area contributed by atoms with E-state index in [1.165, 1.54) is 19.2 Å². The number of nitriles is 1. The summed E-state index contributed by atoms with van der Waals surface area (Å²) in [5, 5.41) is 15.5. The van der Waals surface area contributed by atoms with Gasteiger partial charge in [0.15, 0.2) is 5.82 Å². The number of nitrogens with zero attached hydrogens (tertiary/aromatic N) is 5. The second-order valence-corrected chi connectivity index (χ2v) is 6.89. The molecule has 0 bridgehead atoms. The third-order valence-electron chi connectivity index (χ3n) is 5.33. The summed E-state index contributed by atoms with van der Waals surface area (Å²) in [6.45, 7) is 0. The van der Waals surface area contributed by atoms with Gasteiger partial charge in [0, 0.05) is 11.5 Å². The molecule has 2 aliphatic rings. The summed E-state index contributed by atoms with van der Waals surface area (Å²) in [5.74, 6) is 0.625. The van der Waals surface area contributed by atoms with Crippen LogP contribution in [0.15, 0.2) is 36.8 Å². The van der Waals surface area contributed by atoms with Crippen LogP contribution in [0.1, 0.15) is 24.8 Å². The van der Waals surface area contributed by atoms with E-state index in [0.717, 1.165) is 22.9 Å². The lowest BCUT2D eigenvalue weighted by Crippen LogP contribution is -2.08. The van der Waals surface area contributed by atoms with Gasteiger partial charge in [-0.3, -0.25) is 0 Å². The Hall–Kier alpha value is -2.45. The van der Waals surface area contributed by atoms with Gasteiger partial charge in [0.25, 0.3) is 0 Å². The summed E-state index contributed by atoms with van der Waals surface area (Å²) in [4.78, 5) is 8.15. The Kier molecular flexibility index (Phi) is 2.32. The van der Waals surface area contributed by atoms with Crippen molar-refractivity contribution in [3.8, 4) is 11.9 Å². The van der Waals surface area contributed by atoms with E-state index in [2.05, 4.69) is 33.3 Å². The number of aromatic nitrogens is 4. The maximum atomic E-state index is 9.72. The molecule has 2 aliphatic carbocycles. The zero-order chi connectivity index (χ0) is 15.7. The van der Waals surface area contributed by atoms with Crippen LogP contribution >= 0.6 is 11.6 Å². The minimum atomic E-state index is -0.306. The molecule has 1 atom stereocenters. The molecule has 0 N–H and O–H groups in total. The van der Waals surface area contributed by atoms with Crippen molar-refractivity contribution < 1.29 is 0 Å². The van der Waals surface area contributed by atoms with E-state index in [1.807, 2.05) is 6.07 Å². The first-order valence-corrected chi connectivity index (χ1v) is 7.93. The van der Waals surface area contributed by atoms with Gasteiger partial charge in [0.1, 0.15) is 11.5 Å². The van der Waals surface area contributed by atoms with Crippen molar-refractivity contribution in [1.29, 1.82) is 5.26 Å². The Balaban J connectivity index is 1.69. The fraction of sp³-hybridized carbons (Fsp3) is 0.294. The first kappa shape index (κ1) is 13.0. The van der Waals surface area contributed by atoms with Crippen molar-refractivity contribution in [1.82, 2.24) is 19.7 Å². The summed E-state index contributed by atoms with van der Waals surface area (Å²) in [6.07, 6.45) is 6.54. The van der Waals surface area contributed by atoms with Crippen molar-refractivity contribution in [2.45, 2.75) is 24.7 Å². The van der Waals surface area contributed by atoms with E-state index in [0.29, 0.717) is 11.0 Å². The molecule has 5 nitrogen and oxygen atoms in total. The zero-order valence-electron chi connectivity index (χ0n) is 12.2. The van der Waals surface area contributed by atoms with Crippen molar-refractivity contribution in [2.24, 2.45) is 5.41 Å². The highest BCUT2D eigenvalue weighted by Gasteiger charge is 2.75. The Morgan fingerprint density at radius 3 is 2.78 bits per heavy atom. The molecule has 5 rings (SSSR count). The van der Waals surface area contributed by atoms with Gasteiger partial charge in [-0.15, -0.1) is 0 Å².